The van der Waals surface area contributed by atoms with Crippen LogP contribution in [-0.4, -0.2) is 40.2 Å². The van der Waals surface area contributed by atoms with E-state index in [4.69, 9.17) is 21.5 Å². The molecule has 9 heteroatoms. The SMILES string of the molecule is CCCON=C(C(=O)O)c1csc(NC(=O)CCl)n1. The molecule has 0 aromatic carbocycles. The van der Waals surface area contributed by atoms with Gasteiger partial charge >= 0.3 is 5.97 Å². The molecular formula is C10H12ClN3O4S. The Balaban J connectivity index is 2.83. The van der Waals surface area contributed by atoms with Gasteiger partial charge in [-0.15, -0.1) is 22.9 Å². The maximum Gasteiger partial charge on any atom is 0.360 e. The summed E-state index contributed by atoms with van der Waals surface area (Å²) in [5.41, 5.74) is -0.186. The van der Waals surface area contributed by atoms with E-state index >= 15 is 0 Å². The Bertz CT molecular complexity index is 489. The number of nitrogens with zero attached hydrogens (tertiary/aromatic N) is 2. The Morgan fingerprint density at radius 2 is 2.37 bits per heavy atom. The summed E-state index contributed by atoms with van der Waals surface area (Å²) in [7, 11) is 0. The maximum atomic E-state index is 11.1. The smallest absolute Gasteiger partial charge is 0.360 e. The molecule has 104 valence electrons. The summed E-state index contributed by atoms with van der Waals surface area (Å²) in [6.07, 6.45) is 0.713. The van der Waals surface area contributed by atoms with Gasteiger partial charge in [0.15, 0.2) is 5.13 Å². The number of oxime groups is 1. The standard InChI is InChI=1S/C10H12ClN3O4S/c1-2-3-18-14-8(9(16)17)6-5-19-10(12-6)13-7(15)4-11/h5H,2-4H2,1H3,(H,16,17)(H,12,13,15). The normalized spacial score (nSPS) is 11.2. The third-order valence-corrected chi connectivity index (χ3v) is 2.77. The van der Waals surface area contributed by atoms with Crippen LogP contribution in [0.5, 0.6) is 0 Å². The van der Waals surface area contributed by atoms with Crippen LogP contribution in [-0.2, 0) is 14.4 Å². The van der Waals surface area contributed by atoms with Crippen LogP contribution in [0.15, 0.2) is 10.5 Å². The molecule has 0 aliphatic rings. The van der Waals surface area contributed by atoms with Gasteiger partial charge in [0, 0.05) is 5.38 Å². The third kappa shape index (κ3) is 4.84. The molecule has 1 aromatic heterocycles. The number of hydrogen-bond donors (Lipinski definition) is 2. The number of amides is 1. The molecule has 7 nitrogen and oxygen atoms in total. The van der Waals surface area contributed by atoms with Crippen LogP contribution in [0.2, 0.25) is 0 Å². The Labute approximate surface area is 118 Å². The van der Waals surface area contributed by atoms with E-state index in [0.717, 1.165) is 11.3 Å². The second-order valence-electron chi connectivity index (χ2n) is 3.30. The summed E-state index contributed by atoms with van der Waals surface area (Å²) < 4.78 is 0. The van der Waals surface area contributed by atoms with Crippen LogP contribution in [0.25, 0.3) is 0 Å². The number of halogens is 1. The number of aromatic nitrogens is 1. The van der Waals surface area contributed by atoms with E-state index in [-0.39, 0.29) is 22.4 Å². The van der Waals surface area contributed by atoms with Crippen molar-refractivity contribution in [2.75, 3.05) is 17.8 Å². The fraction of sp³-hybridized carbons (Fsp3) is 0.400. The monoisotopic (exact) mass is 305 g/mol. The first kappa shape index (κ1) is 15.4. The molecule has 0 unspecified atom stereocenters. The molecule has 1 aromatic rings. The molecule has 0 saturated carbocycles. The van der Waals surface area contributed by atoms with E-state index in [1.54, 1.807) is 0 Å². The first-order chi connectivity index (χ1) is 9.08. The molecule has 0 bridgehead atoms. The Morgan fingerprint density at radius 3 is 2.95 bits per heavy atom. The minimum Gasteiger partial charge on any atom is -0.476 e. The van der Waals surface area contributed by atoms with Gasteiger partial charge in [-0.1, -0.05) is 12.1 Å². The average molecular weight is 306 g/mol. The summed E-state index contributed by atoms with van der Waals surface area (Å²) in [6, 6.07) is 0. The number of aliphatic carboxylic acids is 1. The van der Waals surface area contributed by atoms with Crippen molar-refractivity contribution >= 4 is 45.7 Å². The number of nitrogens with one attached hydrogen (secondary N) is 1. The lowest BCUT2D eigenvalue weighted by molar-refractivity contribution is -0.129. The fourth-order valence-corrected chi connectivity index (χ4v) is 1.77. The van der Waals surface area contributed by atoms with Gasteiger partial charge in [0.05, 0.1) is 0 Å². The zero-order valence-corrected chi connectivity index (χ0v) is 11.6. The number of rotatable bonds is 7. The van der Waals surface area contributed by atoms with Crippen molar-refractivity contribution in [1.29, 1.82) is 0 Å². The van der Waals surface area contributed by atoms with E-state index in [1.807, 2.05) is 6.92 Å². The van der Waals surface area contributed by atoms with Gasteiger partial charge in [0.2, 0.25) is 11.6 Å². The van der Waals surface area contributed by atoms with Crippen LogP contribution in [0.3, 0.4) is 0 Å². The van der Waals surface area contributed by atoms with Crippen LogP contribution >= 0.6 is 22.9 Å². The first-order valence-electron chi connectivity index (χ1n) is 5.33. The quantitative estimate of drug-likeness (QED) is 0.344. The second-order valence-corrected chi connectivity index (χ2v) is 4.42. The highest BCUT2D eigenvalue weighted by molar-refractivity contribution is 7.14. The number of carbonyl (C=O) groups excluding carboxylic acids is 1. The highest BCUT2D eigenvalue weighted by Crippen LogP contribution is 2.16. The molecule has 0 atom stereocenters. The second kappa shape index (κ2) is 7.70. The number of carboxylic acid groups (broad SMARTS) is 1. The lowest BCUT2D eigenvalue weighted by Crippen LogP contribution is -2.16. The van der Waals surface area contributed by atoms with Gasteiger partial charge in [0.1, 0.15) is 18.2 Å². The predicted molar refractivity (Wildman–Crippen MR) is 71.9 cm³/mol. The minimum atomic E-state index is -1.25. The third-order valence-electron chi connectivity index (χ3n) is 1.77. The summed E-state index contributed by atoms with van der Waals surface area (Å²) in [5, 5.41) is 16.7. The van der Waals surface area contributed by atoms with Crippen molar-refractivity contribution in [3.8, 4) is 0 Å². The topological polar surface area (TPSA) is 101 Å². The number of alkyl halides is 1. The molecule has 0 fully saturated rings. The number of anilines is 1. The predicted octanol–water partition coefficient (Wildman–Crippen LogP) is 1.54. The molecule has 19 heavy (non-hydrogen) atoms. The van der Waals surface area contributed by atoms with Gasteiger partial charge in [0.25, 0.3) is 0 Å². The van der Waals surface area contributed by atoms with E-state index in [0.29, 0.717) is 13.0 Å². The van der Waals surface area contributed by atoms with Crippen molar-refractivity contribution in [3.63, 3.8) is 0 Å². The van der Waals surface area contributed by atoms with E-state index in [1.165, 1.54) is 5.38 Å². The minimum absolute atomic E-state index is 0.124. The summed E-state index contributed by atoms with van der Waals surface area (Å²) in [5.74, 6) is -1.87. The van der Waals surface area contributed by atoms with Crippen molar-refractivity contribution in [2.45, 2.75) is 13.3 Å². The van der Waals surface area contributed by atoms with E-state index in [9.17, 15) is 9.59 Å². The zero-order chi connectivity index (χ0) is 14.3. The van der Waals surface area contributed by atoms with Crippen LogP contribution in [0.1, 0.15) is 19.0 Å². The van der Waals surface area contributed by atoms with Gasteiger partial charge < -0.3 is 15.3 Å². The van der Waals surface area contributed by atoms with Gasteiger partial charge in [-0.05, 0) is 6.42 Å². The van der Waals surface area contributed by atoms with Crippen molar-refractivity contribution in [3.05, 3.63) is 11.1 Å². The van der Waals surface area contributed by atoms with Crippen LogP contribution < -0.4 is 5.32 Å². The van der Waals surface area contributed by atoms with Gasteiger partial charge in [-0.2, -0.15) is 0 Å². The molecule has 0 radical (unpaired) electrons. The van der Waals surface area contributed by atoms with Crippen LogP contribution in [0.4, 0.5) is 5.13 Å². The maximum absolute atomic E-state index is 11.1. The number of thiazole rings is 1. The van der Waals surface area contributed by atoms with Crippen molar-refractivity contribution < 1.29 is 19.5 Å². The molecule has 1 rings (SSSR count). The molecule has 0 spiro atoms. The largest absolute Gasteiger partial charge is 0.476 e. The highest BCUT2D eigenvalue weighted by atomic mass is 35.5. The number of carbonyl (C=O) groups is 2. The molecule has 0 aliphatic heterocycles. The van der Waals surface area contributed by atoms with Crippen molar-refractivity contribution in [1.82, 2.24) is 4.98 Å². The number of hydrogen-bond acceptors (Lipinski definition) is 6. The molecular weight excluding hydrogens is 294 g/mol. The highest BCUT2D eigenvalue weighted by Gasteiger charge is 2.18. The lowest BCUT2D eigenvalue weighted by atomic mass is 10.3. The van der Waals surface area contributed by atoms with Gasteiger partial charge in [-0.25, -0.2) is 9.78 Å². The summed E-state index contributed by atoms with van der Waals surface area (Å²) in [6.45, 7) is 2.19. The van der Waals surface area contributed by atoms with Crippen LogP contribution in [0, 0.1) is 0 Å². The molecule has 0 saturated heterocycles. The Morgan fingerprint density at radius 1 is 1.63 bits per heavy atom. The summed E-state index contributed by atoms with van der Waals surface area (Å²) >= 11 is 6.41. The molecule has 0 aliphatic carbocycles. The lowest BCUT2D eigenvalue weighted by Gasteiger charge is -1.99. The zero-order valence-electron chi connectivity index (χ0n) is 10.1. The van der Waals surface area contributed by atoms with Crippen molar-refractivity contribution in [2.24, 2.45) is 5.16 Å². The molecule has 2 N–H and O–H groups in total. The van der Waals surface area contributed by atoms with E-state index in [2.05, 4.69) is 15.5 Å². The number of carboxylic acids is 1. The Hall–Kier alpha value is -1.67. The Kier molecular flexibility index (Phi) is 6.23. The first-order valence-corrected chi connectivity index (χ1v) is 6.74. The average Bonchev–Trinajstić information content (AvgIpc) is 2.82. The molecule has 1 heterocycles. The summed E-state index contributed by atoms with van der Waals surface area (Å²) in [4.78, 5) is 30.9. The van der Waals surface area contributed by atoms with E-state index < -0.39 is 11.9 Å². The van der Waals surface area contributed by atoms with Gasteiger partial charge in [-0.3, -0.25) is 4.79 Å². The fourth-order valence-electron chi connectivity index (χ4n) is 0.989. The molecule has 1 amide bonds.